The predicted molar refractivity (Wildman–Crippen MR) is 141 cm³/mol. The summed E-state index contributed by atoms with van der Waals surface area (Å²) in [5.41, 5.74) is 2.88. The van der Waals surface area contributed by atoms with Crippen molar-refractivity contribution >= 4 is 27.5 Å². The largest absolute Gasteiger partial charge is 0.361 e. The molecule has 3 aromatic rings. The lowest BCUT2D eigenvalue weighted by atomic mass is 9.87. The number of aliphatic hydroxyl groups is 1. The van der Waals surface area contributed by atoms with Crippen molar-refractivity contribution in [2.45, 2.75) is 57.2 Å². The second kappa shape index (κ2) is 12.3. The van der Waals surface area contributed by atoms with Gasteiger partial charge in [-0.3, -0.25) is 14.9 Å². The van der Waals surface area contributed by atoms with Crippen molar-refractivity contribution in [1.82, 2.24) is 20.1 Å². The van der Waals surface area contributed by atoms with Crippen LogP contribution in [0.15, 0.2) is 58.2 Å². The number of aromatic nitrogens is 3. The second-order valence-corrected chi connectivity index (χ2v) is 11.0. The summed E-state index contributed by atoms with van der Waals surface area (Å²) in [7, 11) is -3.67. The fraction of sp³-hybridized carbons (Fsp3) is 0.360. The predicted octanol–water partition coefficient (Wildman–Crippen LogP) is 2.75. The number of hydrogen-bond acceptors (Lipinski definition) is 8. The van der Waals surface area contributed by atoms with Gasteiger partial charge in [-0.25, -0.2) is 23.4 Å². The number of rotatable bonds is 10. The first kappa shape index (κ1) is 29.0. The Bertz CT molecular complexity index is 1390. The molecule has 0 aliphatic carbocycles. The van der Waals surface area contributed by atoms with Crippen molar-refractivity contribution in [2.24, 2.45) is 9.50 Å². The molecule has 3 rings (SSSR count). The van der Waals surface area contributed by atoms with Gasteiger partial charge >= 0.3 is 0 Å². The molecule has 0 aliphatic rings. The minimum absolute atomic E-state index is 0.0547. The van der Waals surface area contributed by atoms with Gasteiger partial charge in [-0.05, 0) is 40.7 Å². The summed E-state index contributed by atoms with van der Waals surface area (Å²) in [4.78, 5) is 29.0. The zero-order chi connectivity index (χ0) is 28.0. The number of carbonyl (C=O) groups is 2. The molecule has 0 bridgehead atoms. The lowest BCUT2D eigenvalue weighted by Gasteiger charge is -2.18. The molecule has 11 nitrogen and oxygen atoms in total. The van der Waals surface area contributed by atoms with Crippen LogP contribution in [0, 0.1) is 5.82 Å². The van der Waals surface area contributed by atoms with E-state index in [1.807, 2.05) is 45.9 Å². The highest BCUT2D eigenvalue weighted by atomic mass is 32.2. The van der Waals surface area contributed by atoms with Gasteiger partial charge in [-0.15, -0.1) is 4.36 Å². The van der Waals surface area contributed by atoms with Gasteiger partial charge in [0.25, 0.3) is 11.8 Å². The fourth-order valence-electron chi connectivity index (χ4n) is 3.81. The minimum Gasteiger partial charge on any atom is -0.361 e. The van der Waals surface area contributed by atoms with Crippen LogP contribution in [-0.2, 0) is 21.1 Å². The molecule has 13 heteroatoms. The van der Waals surface area contributed by atoms with Crippen molar-refractivity contribution in [3.8, 4) is 0 Å². The maximum Gasteiger partial charge on any atom is 0.260 e. The maximum atomic E-state index is 13.1. The summed E-state index contributed by atoms with van der Waals surface area (Å²) in [6, 6.07) is 8.35. The van der Waals surface area contributed by atoms with Crippen LogP contribution in [-0.4, -0.2) is 48.8 Å². The number of aliphatic hydroxyl groups excluding tert-OH is 1. The molecular weight excluding hydrogens is 513 g/mol. The molecule has 2 aromatic heterocycles. The van der Waals surface area contributed by atoms with Crippen molar-refractivity contribution in [3.63, 3.8) is 0 Å². The highest BCUT2D eigenvalue weighted by molar-refractivity contribution is 7.91. The number of hydrogen-bond donors (Lipinski definition) is 4. The third-order valence-electron chi connectivity index (χ3n) is 5.67. The van der Waals surface area contributed by atoms with E-state index in [2.05, 4.69) is 25.1 Å². The molecule has 2 atom stereocenters. The van der Waals surface area contributed by atoms with Crippen molar-refractivity contribution < 1.29 is 23.3 Å². The Morgan fingerprint density at radius 1 is 1.13 bits per heavy atom. The van der Waals surface area contributed by atoms with Crippen LogP contribution in [0.5, 0.6) is 0 Å². The van der Waals surface area contributed by atoms with Crippen molar-refractivity contribution in [3.05, 3.63) is 71.4 Å². The number of nitrogens with zero attached hydrogens (tertiary/aromatic N) is 4. The zero-order valence-corrected chi connectivity index (χ0v) is 22.4. The van der Waals surface area contributed by atoms with E-state index in [4.69, 9.17) is 5.14 Å². The molecule has 0 saturated carbocycles. The molecule has 0 spiro atoms. The Kier molecular flexibility index (Phi) is 9.44. The molecular formula is C25H32FN7O4S. The summed E-state index contributed by atoms with van der Waals surface area (Å²) in [6.45, 7) is 7.76. The standard InChI is InChI=1S/C25H32FN7O4S/c1-15(2)19-6-5-7-20(16(3)4)21(19)10-23(34)32-38(27,37)18-12-30-33(14-18)24(35)13-29-25(36)31-22-9-8-17(26)11-28-22/h5-9,11-12,14-16,25,29,36H,10,13H2,1-4H3,(H,28,31)(H2,27,32,34,37). The van der Waals surface area contributed by atoms with Crippen LogP contribution < -0.4 is 15.8 Å². The number of carbonyl (C=O) groups excluding carboxylic acids is 2. The summed E-state index contributed by atoms with van der Waals surface area (Å²) in [5, 5.41) is 24.8. The topological polar surface area (TPSA) is 165 Å². The summed E-state index contributed by atoms with van der Waals surface area (Å²) in [6.07, 6.45) is 1.78. The van der Waals surface area contributed by atoms with Gasteiger partial charge < -0.3 is 10.4 Å². The summed E-state index contributed by atoms with van der Waals surface area (Å²) >= 11 is 0. The van der Waals surface area contributed by atoms with Gasteiger partial charge in [0.05, 0.1) is 31.6 Å². The van der Waals surface area contributed by atoms with Crippen molar-refractivity contribution in [2.75, 3.05) is 11.9 Å². The van der Waals surface area contributed by atoms with E-state index in [-0.39, 0.29) is 35.5 Å². The fourth-order valence-corrected chi connectivity index (χ4v) is 4.73. The number of anilines is 1. The lowest BCUT2D eigenvalue weighted by Crippen LogP contribution is -2.40. The molecule has 2 heterocycles. The number of amides is 1. The number of pyridine rings is 1. The van der Waals surface area contributed by atoms with Crippen LogP contribution in [0.25, 0.3) is 0 Å². The SMILES string of the molecule is CC(C)c1cccc(C(C)C)c1CC(=O)N=S(N)(=O)c1cnn(C(=O)CNC(O)Nc2ccc(F)cn2)c1. The van der Waals surface area contributed by atoms with E-state index in [1.165, 1.54) is 6.07 Å². The monoisotopic (exact) mass is 545 g/mol. The average molecular weight is 546 g/mol. The third-order valence-corrected chi connectivity index (χ3v) is 7.03. The average Bonchev–Trinajstić information content (AvgIpc) is 3.35. The Balaban J connectivity index is 1.68. The Hall–Kier alpha value is -3.52. The van der Waals surface area contributed by atoms with Gasteiger partial charge in [0, 0.05) is 0 Å². The molecule has 0 radical (unpaired) electrons. The molecule has 0 saturated heterocycles. The van der Waals surface area contributed by atoms with Crippen LogP contribution in [0.1, 0.15) is 61.0 Å². The number of halogens is 1. The summed E-state index contributed by atoms with van der Waals surface area (Å²) < 4.78 is 30.7. The highest BCUT2D eigenvalue weighted by Gasteiger charge is 2.20. The van der Waals surface area contributed by atoms with Gasteiger partial charge in [0.15, 0.2) is 6.35 Å². The Morgan fingerprint density at radius 2 is 1.79 bits per heavy atom. The van der Waals surface area contributed by atoms with Crippen LogP contribution in [0.2, 0.25) is 0 Å². The van der Waals surface area contributed by atoms with Crippen molar-refractivity contribution in [1.29, 1.82) is 0 Å². The first-order valence-corrected chi connectivity index (χ1v) is 13.5. The smallest absolute Gasteiger partial charge is 0.260 e. The molecule has 0 aliphatic heterocycles. The molecule has 2 unspecified atom stereocenters. The molecule has 1 amide bonds. The lowest BCUT2D eigenvalue weighted by molar-refractivity contribution is -0.117. The number of nitrogens with two attached hydrogens (primary N) is 1. The van der Waals surface area contributed by atoms with E-state index in [0.717, 1.165) is 46.0 Å². The van der Waals surface area contributed by atoms with E-state index in [0.29, 0.717) is 0 Å². The van der Waals surface area contributed by atoms with E-state index < -0.39 is 33.9 Å². The van der Waals surface area contributed by atoms with Crippen LogP contribution in [0.3, 0.4) is 0 Å². The normalized spacial score (nSPS) is 13.8. The minimum atomic E-state index is -3.67. The molecule has 5 N–H and O–H groups in total. The highest BCUT2D eigenvalue weighted by Crippen LogP contribution is 2.28. The van der Waals surface area contributed by atoms with Gasteiger partial charge in [0.2, 0.25) is 0 Å². The van der Waals surface area contributed by atoms with Gasteiger partial charge in [0.1, 0.15) is 26.4 Å². The first-order chi connectivity index (χ1) is 17.9. The van der Waals surface area contributed by atoms with Gasteiger partial charge in [-0.1, -0.05) is 45.9 Å². The van der Waals surface area contributed by atoms with Gasteiger partial charge in [-0.2, -0.15) is 5.10 Å². The Labute approximate surface area is 221 Å². The molecule has 0 fully saturated rings. The third kappa shape index (κ3) is 7.51. The number of benzene rings is 1. The van der Waals surface area contributed by atoms with E-state index in [1.54, 1.807) is 0 Å². The van der Waals surface area contributed by atoms with Crippen LogP contribution >= 0.6 is 0 Å². The zero-order valence-electron chi connectivity index (χ0n) is 21.6. The first-order valence-electron chi connectivity index (χ1n) is 11.9. The maximum absolute atomic E-state index is 13.1. The molecule has 38 heavy (non-hydrogen) atoms. The second-order valence-electron chi connectivity index (χ2n) is 9.26. The molecule has 204 valence electrons. The van der Waals surface area contributed by atoms with E-state index in [9.17, 15) is 23.3 Å². The summed E-state index contributed by atoms with van der Waals surface area (Å²) in [5.74, 6) is -1.25. The van der Waals surface area contributed by atoms with E-state index >= 15 is 0 Å². The molecule has 1 aromatic carbocycles. The quantitative estimate of drug-likeness (QED) is 0.282. The van der Waals surface area contributed by atoms with Crippen LogP contribution in [0.4, 0.5) is 10.2 Å². The Morgan fingerprint density at radius 3 is 2.37 bits per heavy atom. The number of nitrogens with one attached hydrogen (secondary N) is 2.